The highest BCUT2D eigenvalue weighted by Crippen LogP contribution is 2.29. The third-order valence-corrected chi connectivity index (χ3v) is 4.02. The van der Waals surface area contributed by atoms with E-state index in [1.165, 1.54) is 0 Å². The summed E-state index contributed by atoms with van der Waals surface area (Å²) < 4.78 is 0. The van der Waals surface area contributed by atoms with E-state index in [9.17, 15) is 0 Å². The molecule has 2 heterocycles. The standard InChI is InChI=1S/C13H17ClN4/c1-9-7-18(8-10(2)17(9)3)13-12(14)11(6-15)4-5-16-13/h4-5,9-10H,7-8H2,1-3H3. The van der Waals surface area contributed by atoms with E-state index in [4.69, 9.17) is 16.9 Å². The minimum atomic E-state index is 0.442. The summed E-state index contributed by atoms with van der Waals surface area (Å²) in [6.07, 6.45) is 1.65. The minimum Gasteiger partial charge on any atom is -0.352 e. The van der Waals surface area contributed by atoms with Crippen LogP contribution in [0.25, 0.3) is 0 Å². The smallest absolute Gasteiger partial charge is 0.148 e. The molecule has 5 heteroatoms. The third kappa shape index (κ3) is 2.29. The van der Waals surface area contributed by atoms with Crippen LogP contribution in [0.2, 0.25) is 5.02 Å². The molecule has 0 aliphatic carbocycles. The first-order chi connectivity index (χ1) is 8.54. The lowest BCUT2D eigenvalue weighted by Gasteiger charge is -2.43. The third-order valence-electron chi connectivity index (χ3n) is 3.65. The zero-order valence-corrected chi connectivity index (χ0v) is 11.6. The van der Waals surface area contributed by atoms with Crippen LogP contribution in [-0.2, 0) is 0 Å². The van der Waals surface area contributed by atoms with E-state index >= 15 is 0 Å². The van der Waals surface area contributed by atoms with Crippen molar-refractivity contribution in [2.45, 2.75) is 25.9 Å². The highest BCUT2D eigenvalue weighted by molar-refractivity contribution is 6.34. The number of piperazine rings is 1. The van der Waals surface area contributed by atoms with Crippen LogP contribution in [0.3, 0.4) is 0 Å². The Morgan fingerprint density at radius 2 is 2.00 bits per heavy atom. The quantitative estimate of drug-likeness (QED) is 0.779. The van der Waals surface area contributed by atoms with Crippen molar-refractivity contribution in [1.82, 2.24) is 9.88 Å². The second-order valence-electron chi connectivity index (χ2n) is 4.88. The van der Waals surface area contributed by atoms with Crippen molar-refractivity contribution in [3.05, 3.63) is 22.8 Å². The molecule has 1 aliphatic heterocycles. The maximum absolute atomic E-state index is 9.00. The van der Waals surface area contributed by atoms with Crippen molar-refractivity contribution >= 4 is 17.4 Å². The molecule has 2 rings (SSSR count). The van der Waals surface area contributed by atoms with Gasteiger partial charge in [0.2, 0.25) is 0 Å². The van der Waals surface area contributed by atoms with Gasteiger partial charge in [-0.2, -0.15) is 5.26 Å². The van der Waals surface area contributed by atoms with Crippen molar-refractivity contribution in [3.63, 3.8) is 0 Å². The molecule has 1 aliphatic rings. The number of hydrogen-bond donors (Lipinski definition) is 0. The first-order valence-electron chi connectivity index (χ1n) is 6.06. The first-order valence-corrected chi connectivity index (χ1v) is 6.44. The number of pyridine rings is 1. The fourth-order valence-electron chi connectivity index (χ4n) is 2.32. The van der Waals surface area contributed by atoms with Crippen LogP contribution in [0, 0.1) is 11.3 Å². The van der Waals surface area contributed by atoms with E-state index in [2.05, 4.69) is 41.7 Å². The largest absolute Gasteiger partial charge is 0.352 e. The Morgan fingerprint density at radius 3 is 2.56 bits per heavy atom. The number of anilines is 1. The average molecular weight is 265 g/mol. The van der Waals surface area contributed by atoms with Gasteiger partial charge in [0.05, 0.1) is 5.56 Å². The molecule has 4 nitrogen and oxygen atoms in total. The van der Waals surface area contributed by atoms with E-state index in [1.54, 1.807) is 12.3 Å². The zero-order valence-electron chi connectivity index (χ0n) is 10.9. The van der Waals surface area contributed by atoms with Gasteiger partial charge in [0.25, 0.3) is 0 Å². The molecule has 0 saturated carbocycles. The van der Waals surface area contributed by atoms with Gasteiger partial charge in [0.1, 0.15) is 16.9 Å². The summed E-state index contributed by atoms with van der Waals surface area (Å²) in [5, 5.41) is 9.46. The Labute approximate surface area is 113 Å². The maximum atomic E-state index is 9.00. The maximum Gasteiger partial charge on any atom is 0.148 e. The highest BCUT2D eigenvalue weighted by atomic mass is 35.5. The van der Waals surface area contributed by atoms with E-state index < -0.39 is 0 Å². The Morgan fingerprint density at radius 1 is 1.39 bits per heavy atom. The lowest BCUT2D eigenvalue weighted by molar-refractivity contribution is 0.169. The fourth-order valence-corrected chi connectivity index (χ4v) is 2.59. The summed E-state index contributed by atoms with van der Waals surface area (Å²) in [6.45, 7) is 6.13. The summed E-state index contributed by atoms with van der Waals surface area (Å²) >= 11 is 6.23. The number of aromatic nitrogens is 1. The topological polar surface area (TPSA) is 43.2 Å². The molecule has 0 bridgehead atoms. The molecule has 1 fully saturated rings. The molecule has 1 saturated heterocycles. The summed E-state index contributed by atoms with van der Waals surface area (Å²) in [7, 11) is 2.13. The summed E-state index contributed by atoms with van der Waals surface area (Å²) in [6, 6.07) is 4.63. The molecule has 1 aromatic heterocycles. The number of nitrogens with zero attached hydrogens (tertiary/aromatic N) is 4. The molecule has 1 aromatic rings. The minimum absolute atomic E-state index is 0.442. The van der Waals surface area contributed by atoms with E-state index in [1.807, 2.05) is 0 Å². The molecular formula is C13H17ClN4. The fraction of sp³-hybridized carbons (Fsp3) is 0.538. The van der Waals surface area contributed by atoms with Gasteiger partial charge in [0, 0.05) is 31.4 Å². The molecule has 2 atom stereocenters. The predicted molar refractivity (Wildman–Crippen MR) is 72.9 cm³/mol. The summed E-state index contributed by atoms with van der Waals surface area (Å²) in [4.78, 5) is 8.84. The Balaban J connectivity index is 2.30. The second-order valence-corrected chi connectivity index (χ2v) is 5.25. The highest BCUT2D eigenvalue weighted by Gasteiger charge is 2.28. The second kappa shape index (κ2) is 5.13. The van der Waals surface area contributed by atoms with E-state index in [0.717, 1.165) is 18.9 Å². The van der Waals surface area contributed by atoms with Crippen molar-refractivity contribution in [3.8, 4) is 6.07 Å². The van der Waals surface area contributed by atoms with Crippen molar-refractivity contribution < 1.29 is 0 Å². The van der Waals surface area contributed by atoms with Gasteiger partial charge in [0.15, 0.2) is 0 Å². The van der Waals surface area contributed by atoms with Gasteiger partial charge < -0.3 is 4.90 Å². The van der Waals surface area contributed by atoms with Crippen LogP contribution in [0.4, 0.5) is 5.82 Å². The Hall–Kier alpha value is -1.31. The van der Waals surface area contributed by atoms with Crippen molar-refractivity contribution in [2.75, 3.05) is 25.0 Å². The van der Waals surface area contributed by atoms with Gasteiger partial charge in [-0.15, -0.1) is 0 Å². The molecule has 0 spiro atoms. The number of rotatable bonds is 1. The Bertz CT molecular complexity index is 470. The monoisotopic (exact) mass is 264 g/mol. The average Bonchev–Trinajstić information content (AvgIpc) is 2.35. The lowest BCUT2D eigenvalue weighted by Crippen LogP contribution is -2.55. The van der Waals surface area contributed by atoms with Crippen LogP contribution >= 0.6 is 11.6 Å². The Kier molecular flexibility index (Phi) is 3.74. The van der Waals surface area contributed by atoms with Gasteiger partial charge in [-0.25, -0.2) is 4.98 Å². The molecule has 0 aromatic carbocycles. The van der Waals surface area contributed by atoms with Crippen molar-refractivity contribution in [2.24, 2.45) is 0 Å². The van der Waals surface area contributed by atoms with Gasteiger partial charge in [-0.1, -0.05) is 11.6 Å². The summed E-state index contributed by atoms with van der Waals surface area (Å²) in [5.41, 5.74) is 0.487. The summed E-state index contributed by atoms with van der Waals surface area (Å²) in [5.74, 6) is 0.725. The first kappa shape index (κ1) is 13.1. The van der Waals surface area contributed by atoms with Crippen LogP contribution in [0.1, 0.15) is 19.4 Å². The van der Waals surface area contributed by atoms with Gasteiger partial charge >= 0.3 is 0 Å². The molecule has 18 heavy (non-hydrogen) atoms. The zero-order chi connectivity index (χ0) is 13.3. The molecule has 96 valence electrons. The van der Waals surface area contributed by atoms with Crippen LogP contribution in [0.5, 0.6) is 0 Å². The van der Waals surface area contributed by atoms with Gasteiger partial charge in [-0.3, -0.25) is 4.90 Å². The van der Waals surface area contributed by atoms with E-state index in [0.29, 0.717) is 22.7 Å². The number of likely N-dealkylation sites (N-methyl/N-ethyl adjacent to an activating group) is 1. The van der Waals surface area contributed by atoms with Crippen LogP contribution < -0.4 is 4.90 Å². The molecule has 0 N–H and O–H groups in total. The van der Waals surface area contributed by atoms with Gasteiger partial charge in [-0.05, 0) is 27.0 Å². The van der Waals surface area contributed by atoms with Crippen LogP contribution in [0.15, 0.2) is 12.3 Å². The normalized spacial score (nSPS) is 24.9. The van der Waals surface area contributed by atoms with E-state index in [-0.39, 0.29) is 0 Å². The molecule has 0 radical (unpaired) electrons. The number of halogens is 1. The van der Waals surface area contributed by atoms with Crippen molar-refractivity contribution in [1.29, 1.82) is 5.26 Å². The molecule has 0 amide bonds. The lowest BCUT2D eigenvalue weighted by atomic mass is 10.1. The number of nitriles is 1. The van der Waals surface area contributed by atoms with Crippen LogP contribution in [-0.4, -0.2) is 42.1 Å². The number of hydrogen-bond acceptors (Lipinski definition) is 4. The predicted octanol–water partition coefficient (Wildman–Crippen LogP) is 2.14. The SMILES string of the molecule is CC1CN(c2nccc(C#N)c2Cl)CC(C)N1C. The molecular weight excluding hydrogens is 248 g/mol. The molecule has 2 unspecified atom stereocenters.